The van der Waals surface area contributed by atoms with E-state index in [0.717, 1.165) is 25.2 Å². The van der Waals surface area contributed by atoms with Gasteiger partial charge in [0, 0.05) is 18.3 Å². The molecule has 90 valence electrons. The van der Waals surface area contributed by atoms with Gasteiger partial charge in [0.1, 0.15) is 11.8 Å². The Hall–Kier alpha value is -1.67. The van der Waals surface area contributed by atoms with E-state index in [4.69, 9.17) is 5.26 Å². The van der Waals surface area contributed by atoms with Gasteiger partial charge in [0.2, 0.25) is 5.95 Å². The Bertz CT molecular complexity index is 437. The molecule has 0 spiro atoms. The number of likely N-dealkylation sites (N-methyl/N-ethyl adjacent to an activating group) is 1. The molecule has 1 fully saturated rings. The zero-order valence-electron chi connectivity index (χ0n) is 10.3. The molecule has 1 saturated heterocycles. The Morgan fingerprint density at radius 1 is 1.53 bits per heavy atom. The summed E-state index contributed by atoms with van der Waals surface area (Å²) in [6, 6.07) is 4.12. The van der Waals surface area contributed by atoms with Gasteiger partial charge in [0.25, 0.3) is 0 Å². The fourth-order valence-electron chi connectivity index (χ4n) is 2.16. The molecule has 1 unspecified atom stereocenters. The fraction of sp³-hybridized carbons (Fsp3) is 0.583. The van der Waals surface area contributed by atoms with Crippen molar-refractivity contribution in [1.82, 2.24) is 14.9 Å². The highest BCUT2D eigenvalue weighted by Gasteiger charge is 2.17. The normalized spacial score (nSPS) is 20.9. The van der Waals surface area contributed by atoms with E-state index in [9.17, 15) is 0 Å². The summed E-state index contributed by atoms with van der Waals surface area (Å²) in [6.45, 7) is 4.02. The van der Waals surface area contributed by atoms with Crippen LogP contribution in [0, 0.1) is 18.3 Å². The highest BCUT2D eigenvalue weighted by molar-refractivity contribution is 5.34. The number of likely N-dealkylation sites (tertiary alicyclic amines) is 1. The predicted octanol–water partition coefficient (Wildman–Crippen LogP) is 1.16. The number of aryl methyl sites for hydroxylation is 1. The summed E-state index contributed by atoms with van der Waals surface area (Å²) >= 11 is 0. The molecule has 0 bridgehead atoms. The van der Waals surface area contributed by atoms with E-state index < -0.39 is 0 Å². The number of rotatable bonds is 2. The minimum absolute atomic E-state index is 0.377. The quantitative estimate of drug-likeness (QED) is 0.827. The first kappa shape index (κ1) is 11.8. The summed E-state index contributed by atoms with van der Waals surface area (Å²) < 4.78 is 0. The van der Waals surface area contributed by atoms with Crippen LogP contribution in [0.25, 0.3) is 0 Å². The van der Waals surface area contributed by atoms with E-state index in [1.807, 2.05) is 6.92 Å². The second-order valence-corrected chi connectivity index (χ2v) is 4.58. The maximum Gasteiger partial charge on any atom is 0.224 e. The molecule has 0 aromatic carbocycles. The van der Waals surface area contributed by atoms with Crippen molar-refractivity contribution >= 4 is 5.95 Å². The number of hydrogen-bond acceptors (Lipinski definition) is 5. The van der Waals surface area contributed by atoms with Gasteiger partial charge in [-0.3, -0.25) is 0 Å². The van der Waals surface area contributed by atoms with Crippen LogP contribution >= 0.6 is 0 Å². The van der Waals surface area contributed by atoms with Gasteiger partial charge in [-0.15, -0.1) is 0 Å². The zero-order chi connectivity index (χ0) is 12.3. The molecule has 5 nitrogen and oxygen atoms in total. The third-order valence-corrected chi connectivity index (χ3v) is 2.93. The summed E-state index contributed by atoms with van der Waals surface area (Å²) in [5, 5.41) is 12.2. The van der Waals surface area contributed by atoms with Crippen molar-refractivity contribution in [3.8, 4) is 6.07 Å². The summed E-state index contributed by atoms with van der Waals surface area (Å²) in [5.41, 5.74) is 1.24. The summed E-state index contributed by atoms with van der Waals surface area (Å²) in [7, 11) is 2.12. The van der Waals surface area contributed by atoms with E-state index >= 15 is 0 Å². The van der Waals surface area contributed by atoms with Crippen LogP contribution in [-0.2, 0) is 0 Å². The van der Waals surface area contributed by atoms with Crippen LogP contribution in [0.15, 0.2) is 6.07 Å². The standard InChI is InChI=1S/C12H17N5/c1-9-6-11(7-13)16-12(14-9)15-10-4-3-5-17(2)8-10/h6,10H,3-5,8H2,1-2H3,(H,14,15,16). The third kappa shape index (κ3) is 3.14. The van der Waals surface area contributed by atoms with Crippen LogP contribution in [0.2, 0.25) is 0 Å². The van der Waals surface area contributed by atoms with Crippen molar-refractivity contribution in [2.24, 2.45) is 0 Å². The minimum Gasteiger partial charge on any atom is -0.350 e. The lowest BCUT2D eigenvalue weighted by atomic mass is 10.1. The first-order valence-electron chi connectivity index (χ1n) is 5.88. The molecule has 1 aromatic heterocycles. The number of anilines is 1. The molecular weight excluding hydrogens is 214 g/mol. The van der Waals surface area contributed by atoms with Gasteiger partial charge in [-0.1, -0.05) is 0 Å². The molecule has 1 atom stereocenters. The molecule has 0 amide bonds. The first-order chi connectivity index (χ1) is 8.17. The number of piperidine rings is 1. The smallest absolute Gasteiger partial charge is 0.224 e. The lowest BCUT2D eigenvalue weighted by Crippen LogP contribution is -2.40. The number of aromatic nitrogens is 2. The number of hydrogen-bond donors (Lipinski definition) is 1. The van der Waals surface area contributed by atoms with E-state index in [0.29, 0.717) is 17.7 Å². The molecule has 2 rings (SSSR count). The van der Waals surface area contributed by atoms with Crippen LogP contribution in [0.1, 0.15) is 24.2 Å². The van der Waals surface area contributed by atoms with Gasteiger partial charge >= 0.3 is 0 Å². The maximum absolute atomic E-state index is 8.86. The lowest BCUT2D eigenvalue weighted by Gasteiger charge is -2.30. The highest BCUT2D eigenvalue weighted by atomic mass is 15.2. The van der Waals surface area contributed by atoms with Crippen LogP contribution in [-0.4, -0.2) is 41.0 Å². The number of nitrogens with zero attached hydrogens (tertiary/aromatic N) is 4. The van der Waals surface area contributed by atoms with Crippen molar-refractivity contribution in [3.63, 3.8) is 0 Å². The zero-order valence-corrected chi connectivity index (χ0v) is 10.3. The average molecular weight is 231 g/mol. The Balaban J connectivity index is 2.07. The molecule has 1 aliphatic heterocycles. The predicted molar refractivity (Wildman–Crippen MR) is 65.6 cm³/mol. The molecule has 17 heavy (non-hydrogen) atoms. The first-order valence-corrected chi connectivity index (χ1v) is 5.88. The van der Waals surface area contributed by atoms with Crippen molar-refractivity contribution in [1.29, 1.82) is 5.26 Å². The van der Waals surface area contributed by atoms with E-state index in [2.05, 4.69) is 33.3 Å². The van der Waals surface area contributed by atoms with E-state index in [1.165, 1.54) is 6.42 Å². The van der Waals surface area contributed by atoms with Crippen molar-refractivity contribution < 1.29 is 0 Å². The molecule has 5 heteroatoms. The van der Waals surface area contributed by atoms with Gasteiger partial charge < -0.3 is 10.2 Å². The highest BCUT2D eigenvalue weighted by Crippen LogP contribution is 2.13. The molecule has 1 aliphatic rings. The van der Waals surface area contributed by atoms with E-state index in [-0.39, 0.29) is 0 Å². The Kier molecular flexibility index (Phi) is 3.55. The number of nitriles is 1. The van der Waals surface area contributed by atoms with Crippen molar-refractivity contribution in [2.75, 3.05) is 25.5 Å². The summed E-state index contributed by atoms with van der Waals surface area (Å²) in [6.07, 6.45) is 2.31. The Morgan fingerprint density at radius 2 is 2.35 bits per heavy atom. The van der Waals surface area contributed by atoms with Crippen molar-refractivity contribution in [2.45, 2.75) is 25.8 Å². The fourth-order valence-corrected chi connectivity index (χ4v) is 2.16. The average Bonchev–Trinajstić information content (AvgIpc) is 2.28. The van der Waals surface area contributed by atoms with Gasteiger partial charge in [-0.05, 0) is 39.4 Å². The van der Waals surface area contributed by atoms with E-state index in [1.54, 1.807) is 6.07 Å². The summed E-state index contributed by atoms with van der Waals surface area (Å²) in [5.74, 6) is 0.571. The molecule has 0 radical (unpaired) electrons. The molecule has 1 N–H and O–H groups in total. The van der Waals surface area contributed by atoms with Crippen molar-refractivity contribution in [3.05, 3.63) is 17.5 Å². The number of nitrogens with one attached hydrogen (secondary N) is 1. The topological polar surface area (TPSA) is 64.8 Å². The minimum atomic E-state index is 0.377. The second-order valence-electron chi connectivity index (χ2n) is 4.58. The van der Waals surface area contributed by atoms with Gasteiger partial charge in [-0.25, -0.2) is 9.97 Å². The molecule has 2 heterocycles. The van der Waals surface area contributed by atoms with Gasteiger partial charge in [-0.2, -0.15) is 5.26 Å². The Labute approximate surface area is 101 Å². The summed E-state index contributed by atoms with van der Waals surface area (Å²) in [4.78, 5) is 10.8. The monoisotopic (exact) mass is 231 g/mol. The van der Waals surface area contributed by atoms with Gasteiger partial charge in [0.15, 0.2) is 0 Å². The SMILES string of the molecule is Cc1cc(C#N)nc(NC2CCCN(C)C2)n1. The molecule has 0 saturated carbocycles. The Morgan fingerprint density at radius 3 is 3.06 bits per heavy atom. The van der Waals surface area contributed by atoms with Gasteiger partial charge in [0.05, 0.1) is 0 Å². The molecule has 0 aliphatic carbocycles. The largest absolute Gasteiger partial charge is 0.350 e. The van der Waals surface area contributed by atoms with Crippen LogP contribution in [0.5, 0.6) is 0 Å². The van der Waals surface area contributed by atoms with Crippen LogP contribution in [0.3, 0.4) is 0 Å². The second kappa shape index (κ2) is 5.11. The molecule has 1 aromatic rings. The maximum atomic E-state index is 8.86. The third-order valence-electron chi connectivity index (χ3n) is 2.93. The van der Waals surface area contributed by atoms with Crippen LogP contribution in [0.4, 0.5) is 5.95 Å². The van der Waals surface area contributed by atoms with Crippen LogP contribution < -0.4 is 5.32 Å². The lowest BCUT2D eigenvalue weighted by molar-refractivity contribution is 0.260. The molecular formula is C12H17N5.